The molecule has 0 aliphatic carbocycles. The van der Waals surface area contributed by atoms with Crippen LogP contribution in [0.15, 0.2) is 59.2 Å². The molecular weight excluding hydrogens is 418 g/mol. The molecule has 6 heteroatoms. The summed E-state index contributed by atoms with van der Waals surface area (Å²) in [5.41, 5.74) is 3.61. The van der Waals surface area contributed by atoms with Crippen LogP contribution in [0.25, 0.3) is 0 Å². The van der Waals surface area contributed by atoms with Crippen molar-refractivity contribution < 1.29 is 9.53 Å². The minimum Gasteiger partial charge on any atom is -0.489 e. The number of rotatable bonds is 7. The van der Waals surface area contributed by atoms with Gasteiger partial charge in [0.1, 0.15) is 12.4 Å². The van der Waals surface area contributed by atoms with Gasteiger partial charge in [0.25, 0.3) is 5.91 Å². The number of nitrogens with one attached hydrogen (secondary N) is 1. The summed E-state index contributed by atoms with van der Waals surface area (Å²) < 4.78 is 8.66. The van der Waals surface area contributed by atoms with Crippen LogP contribution >= 0.6 is 15.9 Å². The van der Waals surface area contributed by atoms with Crippen molar-refractivity contribution in [3.8, 4) is 5.75 Å². The number of carbonyl (C=O) groups excluding carboxylic acids is 1. The molecule has 1 aromatic heterocycles. The molecule has 0 unspecified atom stereocenters. The standard InChI is InChI=1S/C22H24BrN3O2/c1-4-26-13-21(16(3)25-26)15(2)24-22(27)18-7-5-17(6-8-18)14-28-20-11-9-19(23)10-12-20/h5-13,15H,4,14H2,1-3H3,(H,24,27)/t15-/m1/s1. The Kier molecular flexibility index (Phi) is 6.52. The van der Waals surface area contributed by atoms with E-state index in [1.165, 1.54) is 0 Å². The Morgan fingerprint density at radius 2 is 1.86 bits per heavy atom. The van der Waals surface area contributed by atoms with Crippen LogP contribution in [0.5, 0.6) is 5.75 Å². The Morgan fingerprint density at radius 1 is 1.18 bits per heavy atom. The highest BCUT2D eigenvalue weighted by Crippen LogP contribution is 2.19. The molecule has 3 aromatic rings. The number of amides is 1. The second-order valence-electron chi connectivity index (χ2n) is 6.66. The van der Waals surface area contributed by atoms with Crippen molar-refractivity contribution in [3.05, 3.63) is 81.6 Å². The van der Waals surface area contributed by atoms with E-state index >= 15 is 0 Å². The fourth-order valence-electron chi connectivity index (χ4n) is 2.93. The topological polar surface area (TPSA) is 56.2 Å². The summed E-state index contributed by atoms with van der Waals surface area (Å²) >= 11 is 3.41. The molecule has 0 fully saturated rings. The molecule has 0 bridgehead atoms. The Labute approximate surface area is 173 Å². The minimum absolute atomic E-state index is 0.100. The number of aryl methyl sites for hydroxylation is 2. The lowest BCUT2D eigenvalue weighted by Crippen LogP contribution is -2.26. The second kappa shape index (κ2) is 9.06. The summed E-state index contributed by atoms with van der Waals surface area (Å²) in [6.45, 7) is 7.24. The Morgan fingerprint density at radius 3 is 2.46 bits per heavy atom. The van der Waals surface area contributed by atoms with Crippen molar-refractivity contribution in [3.63, 3.8) is 0 Å². The highest BCUT2D eigenvalue weighted by atomic mass is 79.9. The molecule has 0 saturated carbocycles. The van der Waals surface area contributed by atoms with Gasteiger partial charge in [0.15, 0.2) is 0 Å². The fraction of sp³-hybridized carbons (Fsp3) is 0.273. The molecule has 1 atom stereocenters. The van der Waals surface area contributed by atoms with Crippen molar-refractivity contribution in [1.29, 1.82) is 0 Å². The van der Waals surface area contributed by atoms with Crippen LogP contribution in [0.2, 0.25) is 0 Å². The van der Waals surface area contributed by atoms with E-state index in [4.69, 9.17) is 4.74 Å². The quantitative estimate of drug-likeness (QED) is 0.558. The van der Waals surface area contributed by atoms with Gasteiger partial charge < -0.3 is 10.1 Å². The van der Waals surface area contributed by atoms with Crippen molar-refractivity contribution >= 4 is 21.8 Å². The van der Waals surface area contributed by atoms with Gasteiger partial charge >= 0.3 is 0 Å². The average molecular weight is 442 g/mol. The van der Waals surface area contributed by atoms with Crippen molar-refractivity contribution in [2.24, 2.45) is 0 Å². The van der Waals surface area contributed by atoms with Crippen LogP contribution in [0.3, 0.4) is 0 Å². The summed E-state index contributed by atoms with van der Waals surface area (Å²) in [4.78, 5) is 12.6. The van der Waals surface area contributed by atoms with Crippen molar-refractivity contribution in [2.45, 2.75) is 40.0 Å². The maximum Gasteiger partial charge on any atom is 0.251 e. The molecule has 0 aliphatic rings. The first-order valence-electron chi connectivity index (χ1n) is 9.28. The van der Waals surface area contributed by atoms with E-state index in [1.807, 2.05) is 80.2 Å². The lowest BCUT2D eigenvalue weighted by Gasteiger charge is -2.13. The molecule has 3 rings (SSSR count). The number of aromatic nitrogens is 2. The number of carbonyl (C=O) groups is 1. The molecule has 5 nitrogen and oxygen atoms in total. The number of ether oxygens (including phenoxy) is 1. The first kappa shape index (κ1) is 20.1. The van der Waals surface area contributed by atoms with Gasteiger partial charge in [-0.25, -0.2) is 0 Å². The van der Waals surface area contributed by atoms with Crippen molar-refractivity contribution in [1.82, 2.24) is 15.1 Å². The highest BCUT2D eigenvalue weighted by Gasteiger charge is 2.15. The predicted octanol–water partition coefficient (Wildman–Crippen LogP) is 5.04. The third-order valence-corrected chi connectivity index (χ3v) is 5.09. The summed E-state index contributed by atoms with van der Waals surface area (Å²) in [6, 6.07) is 15.1. The van der Waals surface area contributed by atoms with E-state index < -0.39 is 0 Å². The number of hydrogen-bond donors (Lipinski definition) is 1. The minimum atomic E-state index is -0.104. The van der Waals surface area contributed by atoms with Gasteiger partial charge in [-0.15, -0.1) is 0 Å². The Balaban J connectivity index is 1.58. The van der Waals surface area contributed by atoms with Gasteiger partial charge in [-0.2, -0.15) is 5.10 Å². The zero-order valence-electron chi connectivity index (χ0n) is 16.3. The average Bonchev–Trinajstić information content (AvgIpc) is 3.09. The number of nitrogens with zero attached hydrogens (tertiary/aromatic N) is 2. The maximum absolute atomic E-state index is 12.6. The van der Waals surface area contributed by atoms with Crippen molar-refractivity contribution in [2.75, 3.05) is 0 Å². The third-order valence-electron chi connectivity index (χ3n) is 4.56. The van der Waals surface area contributed by atoms with E-state index in [9.17, 15) is 4.79 Å². The Hall–Kier alpha value is -2.60. The largest absolute Gasteiger partial charge is 0.489 e. The smallest absolute Gasteiger partial charge is 0.251 e. The molecule has 0 aliphatic heterocycles. The maximum atomic E-state index is 12.6. The monoisotopic (exact) mass is 441 g/mol. The third kappa shape index (κ3) is 5.01. The highest BCUT2D eigenvalue weighted by molar-refractivity contribution is 9.10. The molecule has 0 spiro atoms. The van der Waals surface area contributed by atoms with Gasteiger partial charge in [0.2, 0.25) is 0 Å². The molecule has 1 heterocycles. The first-order valence-corrected chi connectivity index (χ1v) is 10.1. The summed E-state index contributed by atoms with van der Waals surface area (Å²) in [5.74, 6) is 0.707. The van der Waals surface area contributed by atoms with Gasteiger partial charge in [0.05, 0.1) is 11.7 Å². The molecule has 0 saturated heterocycles. The van der Waals surface area contributed by atoms with E-state index in [-0.39, 0.29) is 11.9 Å². The number of hydrogen-bond acceptors (Lipinski definition) is 3. The normalized spacial score (nSPS) is 11.9. The zero-order chi connectivity index (χ0) is 20.1. The molecule has 0 radical (unpaired) electrons. The van der Waals surface area contributed by atoms with Crippen LogP contribution in [0.4, 0.5) is 0 Å². The Bertz CT molecular complexity index is 933. The second-order valence-corrected chi connectivity index (χ2v) is 7.58. The van der Waals surface area contributed by atoms with Crippen LogP contribution in [0.1, 0.15) is 47.1 Å². The molecule has 2 aromatic carbocycles. The SMILES string of the molecule is CCn1cc([C@@H](C)NC(=O)c2ccc(COc3ccc(Br)cc3)cc2)c(C)n1. The number of halogens is 1. The molecular formula is C22H24BrN3O2. The summed E-state index contributed by atoms with van der Waals surface area (Å²) in [5, 5.41) is 7.49. The van der Waals surface area contributed by atoms with Crippen LogP contribution in [-0.4, -0.2) is 15.7 Å². The summed E-state index contributed by atoms with van der Waals surface area (Å²) in [7, 11) is 0. The molecule has 1 N–H and O–H groups in total. The fourth-order valence-corrected chi connectivity index (χ4v) is 3.19. The first-order chi connectivity index (χ1) is 13.5. The zero-order valence-corrected chi connectivity index (χ0v) is 17.9. The summed E-state index contributed by atoms with van der Waals surface area (Å²) in [6.07, 6.45) is 1.99. The van der Waals surface area contributed by atoms with E-state index in [0.29, 0.717) is 12.2 Å². The van der Waals surface area contributed by atoms with Crippen LogP contribution < -0.4 is 10.1 Å². The number of benzene rings is 2. The van der Waals surface area contributed by atoms with Crippen LogP contribution in [0, 0.1) is 6.92 Å². The van der Waals surface area contributed by atoms with E-state index in [1.54, 1.807) is 0 Å². The molecule has 146 valence electrons. The lowest BCUT2D eigenvalue weighted by atomic mass is 10.1. The van der Waals surface area contributed by atoms with Gasteiger partial charge in [-0.1, -0.05) is 28.1 Å². The predicted molar refractivity (Wildman–Crippen MR) is 113 cm³/mol. The molecule has 1 amide bonds. The van der Waals surface area contributed by atoms with E-state index in [0.717, 1.165) is 33.6 Å². The molecule has 28 heavy (non-hydrogen) atoms. The lowest BCUT2D eigenvalue weighted by molar-refractivity contribution is 0.0939. The van der Waals surface area contributed by atoms with Gasteiger partial charge in [0, 0.05) is 28.3 Å². The van der Waals surface area contributed by atoms with E-state index in [2.05, 4.69) is 26.3 Å². The van der Waals surface area contributed by atoms with Crippen LogP contribution in [-0.2, 0) is 13.2 Å². The van der Waals surface area contributed by atoms with Gasteiger partial charge in [-0.3, -0.25) is 9.48 Å². The van der Waals surface area contributed by atoms with Gasteiger partial charge in [-0.05, 0) is 62.7 Å².